The van der Waals surface area contributed by atoms with Gasteiger partial charge in [0.2, 0.25) is 5.91 Å². The van der Waals surface area contributed by atoms with E-state index in [1.165, 1.54) is 0 Å². The van der Waals surface area contributed by atoms with E-state index in [-0.39, 0.29) is 11.8 Å². The van der Waals surface area contributed by atoms with E-state index in [4.69, 9.17) is 9.84 Å². The van der Waals surface area contributed by atoms with E-state index in [2.05, 4.69) is 5.32 Å². The summed E-state index contributed by atoms with van der Waals surface area (Å²) in [6.45, 7) is 1.13. The number of aliphatic carboxylic acids is 1. The Morgan fingerprint density at radius 2 is 2.17 bits per heavy atom. The Balaban J connectivity index is 1.75. The maximum absolute atomic E-state index is 12.9. The number of benzene rings is 1. The fraction of sp³-hybridized carbons (Fsp3) is 0.529. The highest BCUT2D eigenvalue weighted by molar-refractivity contribution is 5.96. The quantitative estimate of drug-likeness (QED) is 0.881. The molecule has 1 fully saturated rings. The number of rotatable bonds is 3. The van der Waals surface area contributed by atoms with Gasteiger partial charge in [0.15, 0.2) is 0 Å². The number of piperidine rings is 1. The highest BCUT2D eigenvalue weighted by Crippen LogP contribution is 2.32. The van der Waals surface area contributed by atoms with Crippen LogP contribution in [0.3, 0.4) is 0 Å². The summed E-state index contributed by atoms with van der Waals surface area (Å²) in [4.78, 5) is 25.7. The number of hydrogen-bond donors (Lipinski definition) is 2. The molecule has 1 aromatic carbocycles. The molecule has 2 N–H and O–H groups in total. The molecule has 1 aromatic rings. The van der Waals surface area contributed by atoms with E-state index in [1.54, 1.807) is 7.11 Å². The van der Waals surface area contributed by atoms with Crippen LogP contribution < -0.4 is 15.0 Å². The molecule has 2 unspecified atom stereocenters. The topological polar surface area (TPSA) is 78.9 Å². The minimum atomic E-state index is -0.844. The number of carbonyl (C=O) groups excluding carboxylic acids is 1. The number of fused-ring (bicyclic) bond motifs is 1. The molecule has 6 heteroatoms. The van der Waals surface area contributed by atoms with Crippen LogP contribution in [-0.2, 0) is 16.0 Å². The predicted octanol–water partition coefficient (Wildman–Crippen LogP) is 1.43. The number of nitrogens with one attached hydrogen (secondary N) is 1. The molecule has 0 spiro atoms. The zero-order valence-corrected chi connectivity index (χ0v) is 13.2. The SMILES string of the molecule is COc1ccc2c(c1)N(C(=O)C1CCC(C(=O)O)NC1)CCC2. The van der Waals surface area contributed by atoms with Gasteiger partial charge in [0.1, 0.15) is 11.8 Å². The number of carboxylic acid groups (broad SMARTS) is 1. The minimum Gasteiger partial charge on any atom is -0.497 e. The van der Waals surface area contributed by atoms with Gasteiger partial charge >= 0.3 is 5.97 Å². The number of ether oxygens (including phenoxy) is 1. The van der Waals surface area contributed by atoms with Crippen LogP contribution in [0.1, 0.15) is 24.8 Å². The number of aryl methyl sites for hydroxylation is 1. The fourth-order valence-electron chi connectivity index (χ4n) is 3.41. The van der Waals surface area contributed by atoms with Crippen LogP contribution in [0.4, 0.5) is 5.69 Å². The van der Waals surface area contributed by atoms with Crippen LogP contribution in [0.2, 0.25) is 0 Å². The van der Waals surface area contributed by atoms with Crippen molar-refractivity contribution in [3.8, 4) is 5.75 Å². The van der Waals surface area contributed by atoms with Gasteiger partial charge in [-0.1, -0.05) is 6.07 Å². The van der Waals surface area contributed by atoms with Gasteiger partial charge in [-0.15, -0.1) is 0 Å². The molecule has 0 saturated carbocycles. The van der Waals surface area contributed by atoms with Crippen LogP contribution in [0, 0.1) is 5.92 Å². The monoisotopic (exact) mass is 318 g/mol. The number of anilines is 1. The van der Waals surface area contributed by atoms with Crippen molar-refractivity contribution in [2.24, 2.45) is 5.92 Å². The molecule has 2 aliphatic rings. The van der Waals surface area contributed by atoms with E-state index in [0.29, 0.717) is 25.9 Å². The average molecular weight is 318 g/mol. The van der Waals surface area contributed by atoms with Crippen molar-refractivity contribution in [1.82, 2.24) is 5.32 Å². The van der Waals surface area contributed by atoms with E-state index >= 15 is 0 Å². The second-order valence-corrected chi connectivity index (χ2v) is 6.16. The van der Waals surface area contributed by atoms with Gasteiger partial charge in [0, 0.05) is 19.2 Å². The predicted molar refractivity (Wildman–Crippen MR) is 85.8 cm³/mol. The standard InChI is InChI=1S/C17H22N2O4/c1-23-13-6-4-11-3-2-8-19(15(11)9-13)16(20)12-5-7-14(17(21)22)18-10-12/h4,6,9,12,14,18H,2-3,5,7-8,10H2,1H3,(H,21,22). The second kappa shape index (κ2) is 6.58. The third-order valence-corrected chi connectivity index (χ3v) is 4.74. The van der Waals surface area contributed by atoms with Gasteiger partial charge < -0.3 is 20.1 Å². The molecule has 124 valence electrons. The molecular formula is C17H22N2O4. The lowest BCUT2D eigenvalue weighted by atomic mass is 9.92. The molecule has 0 radical (unpaired) electrons. The van der Waals surface area contributed by atoms with Crippen molar-refractivity contribution in [2.75, 3.05) is 25.1 Å². The largest absolute Gasteiger partial charge is 0.497 e. The summed E-state index contributed by atoms with van der Waals surface area (Å²) in [6.07, 6.45) is 3.01. The Labute approximate surface area is 135 Å². The first-order chi connectivity index (χ1) is 11.1. The Morgan fingerprint density at radius 3 is 2.83 bits per heavy atom. The summed E-state index contributed by atoms with van der Waals surface area (Å²) in [5.41, 5.74) is 2.10. The zero-order valence-electron chi connectivity index (χ0n) is 13.2. The lowest BCUT2D eigenvalue weighted by Crippen LogP contribution is -2.50. The van der Waals surface area contributed by atoms with Gasteiger partial charge in [-0.05, 0) is 37.3 Å². The summed E-state index contributed by atoms with van der Waals surface area (Å²) in [7, 11) is 1.62. The smallest absolute Gasteiger partial charge is 0.320 e. The molecule has 2 aliphatic heterocycles. The lowest BCUT2D eigenvalue weighted by molar-refractivity contribution is -0.141. The van der Waals surface area contributed by atoms with Crippen molar-refractivity contribution in [1.29, 1.82) is 0 Å². The van der Waals surface area contributed by atoms with E-state index in [1.807, 2.05) is 23.1 Å². The van der Waals surface area contributed by atoms with Crippen molar-refractivity contribution < 1.29 is 19.4 Å². The van der Waals surface area contributed by atoms with Gasteiger partial charge in [-0.3, -0.25) is 9.59 Å². The van der Waals surface area contributed by atoms with Gasteiger partial charge in [-0.2, -0.15) is 0 Å². The number of nitrogens with zero attached hydrogens (tertiary/aromatic N) is 1. The average Bonchev–Trinajstić information content (AvgIpc) is 2.60. The normalized spacial score (nSPS) is 24.0. The molecule has 1 saturated heterocycles. The fourth-order valence-corrected chi connectivity index (χ4v) is 3.41. The number of carboxylic acids is 1. The number of hydrogen-bond acceptors (Lipinski definition) is 4. The summed E-state index contributed by atoms with van der Waals surface area (Å²) in [5.74, 6) is -0.182. The van der Waals surface area contributed by atoms with Crippen molar-refractivity contribution in [3.63, 3.8) is 0 Å². The van der Waals surface area contributed by atoms with Gasteiger partial charge in [0.25, 0.3) is 0 Å². The molecule has 6 nitrogen and oxygen atoms in total. The highest BCUT2D eigenvalue weighted by Gasteiger charge is 2.33. The Bertz CT molecular complexity index is 609. The van der Waals surface area contributed by atoms with Gasteiger partial charge in [-0.25, -0.2) is 0 Å². The first kappa shape index (κ1) is 15.8. The minimum absolute atomic E-state index is 0.0792. The number of amides is 1. The summed E-state index contributed by atoms with van der Waals surface area (Å²) >= 11 is 0. The third kappa shape index (κ3) is 3.17. The van der Waals surface area contributed by atoms with Crippen LogP contribution in [0.5, 0.6) is 5.75 Å². The molecule has 1 amide bonds. The molecule has 2 atom stereocenters. The van der Waals surface area contributed by atoms with Crippen LogP contribution in [-0.4, -0.2) is 43.2 Å². The Morgan fingerprint density at radius 1 is 1.35 bits per heavy atom. The van der Waals surface area contributed by atoms with E-state index in [9.17, 15) is 9.59 Å². The number of methoxy groups -OCH3 is 1. The molecule has 0 aromatic heterocycles. The summed E-state index contributed by atoms with van der Waals surface area (Å²) in [5, 5.41) is 12.0. The Hall–Kier alpha value is -2.08. The molecule has 3 rings (SSSR count). The van der Waals surface area contributed by atoms with E-state index in [0.717, 1.165) is 29.8 Å². The summed E-state index contributed by atoms with van der Waals surface area (Å²) < 4.78 is 5.28. The maximum Gasteiger partial charge on any atom is 0.320 e. The third-order valence-electron chi connectivity index (χ3n) is 4.74. The Kier molecular flexibility index (Phi) is 4.52. The summed E-state index contributed by atoms with van der Waals surface area (Å²) in [6, 6.07) is 5.33. The van der Waals surface area contributed by atoms with Crippen molar-refractivity contribution in [3.05, 3.63) is 23.8 Å². The molecular weight excluding hydrogens is 296 g/mol. The lowest BCUT2D eigenvalue weighted by Gasteiger charge is -2.35. The molecule has 23 heavy (non-hydrogen) atoms. The van der Waals surface area contributed by atoms with Crippen LogP contribution >= 0.6 is 0 Å². The van der Waals surface area contributed by atoms with Crippen molar-refractivity contribution >= 4 is 17.6 Å². The first-order valence-corrected chi connectivity index (χ1v) is 8.04. The highest BCUT2D eigenvalue weighted by atomic mass is 16.5. The second-order valence-electron chi connectivity index (χ2n) is 6.16. The van der Waals surface area contributed by atoms with Crippen LogP contribution in [0.25, 0.3) is 0 Å². The molecule has 0 bridgehead atoms. The van der Waals surface area contributed by atoms with Crippen molar-refractivity contribution in [2.45, 2.75) is 31.7 Å². The van der Waals surface area contributed by atoms with Gasteiger partial charge in [0.05, 0.1) is 18.7 Å². The van der Waals surface area contributed by atoms with E-state index < -0.39 is 12.0 Å². The number of carbonyl (C=O) groups is 2. The maximum atomic E-state index is 12.9. The molecule has 0 aliphatic carbocycles. The van der Waals surface area contributed by atoms with Crippen LogP contribution in [0.15, 0.2) is 18.2 Å². The zero-order chi connectivity index (χ0) is 16.4. The molecule has 2 heterocycles. The first-order valence-electron chi connectivity index (χ1n) is 8.04.